The largest absolute Gasteiger partial charge is 0.393 e. The summed E-state index contributed by atoms with van der Waals surface area (Å²) in [6, 6.07) is 0. The van der Waals surface area contributed by atoms with E-state index in [1.807, 2.05) is 0 Å². The summed E-state index contributed by atoms with van der Waals surface area (Å²) in [5, 5.41) is 22.8. The Labute approximate surface area is 201 Å². The van der Waals surface area contributed by atoms with Gasteiger partial charge in [-0.25, -0.2) is 0 Å². The molecule has 0 heterocycles. The van der Waals surface area contributed by atoms with Gasteiger partial charge in [0, 0.05) is 5.41 Å². The lowest BCUT2D eigenvalue weighted by Crippen LogP contribution is -2.66. The summed E-state index contributed by atoms with van der Waals surface area (Å²) in [5.74, 6) is 0.844. The van der Waals surface area contributed by atoms with E-state index in [9.17, 15) is 15.0 Å². The van der Waals surface area contributed by atoms with Gasteiger partial charge in [0.15, 0.2) is 0 Å². The minimum atomic E-state index is -0.484. The fourth-order valence-electron chi connectivity index (χ4n) is 10.5. The van der Waals surface area contributed by atoms with Crippen LogP contribution in [0.4, 0.5) is 0 Å². The Morgan fingerprint density at radius 3 is 2.21 bits per heavy atom. The zero-order chi connectivity index (χ0) is 24.2. The Hall–Kier alpha value is -0.670. The molecule has 2 N–H and O–H groups in total. The Morgan fingerprint density at radius 1 is 0.879 bits per heavy atom. The fourth-order valence-corrected chi connectivity index (χ4v) is 10.5. The van der Waals surface area contributed by atoms with Crippen LogP contribution in [-0.2, 0) is 4.79 Å². The van der Waals surface area contributed by atoms with Gasteiger partial charge in [-0.3, -0.25) is 0 Å². The van der Waals surface area contributed by atoms with E-state index in [1.165, 1.54) is 11.9 Å². The molecule has 0 unspecified atom stereocenters. The van der Waals surface area contributed by atoms with Gasteiger partial charge in [0.2, 0.25) is 0 Å². The lowest BCUT2D eigenvalue weighted by molar-refractivity contribution is -0.193. The van der Waals surface area contributed by atoms with Crippen molar-refractivity contribution in [3.63, 3.8) is 0 Å². The van der Waals surface area contributed by atoms with E-state index in [1.54, 1.807) is 0 Å². The average molecular weight is 457 g/mol. The SMILES string of the molecule is CC1(C)CC[C@]2(C=O)CC[C@]3(C)[C@H]([C@H](O)C=C4[C@@]5(C)CC[C@H](O)C(C)(C)[C@@H]5CC[C@]43C)[C@@H]2C1. The van der Waals surface area contributed by atoms with E-state index in [-0.39, 0.29) is 50.4 Å². The van der Waals surface area contributed by atoms with Crippen LogP contribution >= 0.6 is 0 Å². The van der Waals surface area contributed by atoms with E-state index in [4.69, 9.17) is 0 Å². The maximum atomic E-state index is 12.6. The Morgan fingerprint density at radius 2 is 1.55 bits per heavy atom. The Balaban J connectivity index is 1.63. The zero-order valence-electron chi connectivity index (χ0n) is 22.2. The average Bonchev–Trinajstić information content (AvgIpc) is 2.72. The number of aliphatic hydroxyl groups is 2. The summed E-state index contributed by atoms with van der Waals surface area (Å²) in [6.45, 7) is 16.6. The van der Waals surface area contributed by atoms with Crippen molar-refractivity contribution in [3.05, 3.63) is 11.6 Å². The highest BCUT2D eigenvalue weighted by atomic mass is 16.3. The first-order valence-electron chi connectivity index (χ1n) is 13.7. The standard InChI is InChI=1S/C30H48O3/c1-25(2)12-14-30(18-31)15-13-29(7)24(19(30)17-25)20(32)16-22-27(5)10-9-23(33)26(3,4)21(27)8-11-28(22,29)6/h16,18-21,23-24,32-33H,8-15,17H2,1-7H3/t19-,20+,21-,23-,24-,27-,28+,29+,30+/m0/s1. The summed E-state index contributed by atoms with van der Waals surface area (Å²) in [4.78, 5) is 12.6. The van der Waals surface area contributed by atoms with Crippen LogP contribution in [0.3, 0.4) is 0 Å². The molecule has 0 saturated heterocycles. The van der Waals surface area contributed by atoms with Crippen LogP contribution in [-0.4, -0.2) is 28.7 Å². The first-order chi connectivity index (χ1) is 15.2. The van der Waals surface area contributed by atoms with Crippen molar-refractivity contribution in [2.75, 3.05) is 0 Å². The first kappa shape index (κ1) is 24.0. The summed E-state index contributed by atoms with van der Waals surface area (Å²) in [6.07, 6.45) is 12.1. The van der Waals surface area contributed by atoms with Gasteiger partial charge >= 0.3 is 0 Å². The number of carbonyl (C=O) groups is 1. The number of allylic oxidation sites excluding steroid dienone is 1. The van der Waals surface area contributed by atoms with Crippen molar-refractivity contribution in [2.24, 2.45) is 50.2 Å². The van der Waals surface area contributed by atoms with Crippen LogP contribution in [0.15, 0.2) is 11.6 Å². The summed E-state index contributed by atoms with van der Waals surface area (Å²) < 4.78 is 0. The van der Waals surface area contributed by atoms with Crippen LogP contribution in [0.25, 0.3) is 0 Å². The molecule has 0 amide bonds. The number of carbonyl (C=O) groups excluding carboxylic acids is 1. The number of hydrogen-bond acceptors (Lipinski definition) is 3. The molecule has 0 aromatic rings. The predicted octanol–water partition coefficient (Wildman–Crippen LogP) is 6.32. The molecule has 4 saturated carbocycles. The van der Waals surface area contributed by atoms with Crippen molar-refractivity contribution in [1.82, 2.24) is 0 Å². The van der Waals surface area contributed by atoms with Crippen molar-refractivity contribution < 1.29 is 15.0 Å². The second-order valence-corrected chi connectivity index (χ2v) is 15.1. The highest BCUT2D eigenvalue weighted by Gasteiger charge is 2.69. The molecule has 0 bridgehead atoms. The maximum Gasteiger partial charge on any atom is 0.126 e. The van der Waals surface area contributed by atoms with E-state index in [2.05, 4.69) is 54.5 Å². The van der Waals surface area contributed by atoms with Crippen molar-refractivity contribution >= 4 is 6.29 Å². The van der Waals surface area contributed by atoms with E-state index < -0.39 is 6.10 Å². The molecule has 0 aromatic carbocycles. The van der Waals surface area contributed by atoms with Gasteiger partial charge in [-0.15, -0.1) is 0 Å². The van der Waals surface area contributed by atoms with E-state index in [0.29, 0.717) is 5.92 Å². The third kappa shape index (κ3) is 2.90. The number of aldehydes is 1. The zero-order valence-corrected chi connectivity index (χ0v) is 22.2. The minimum absolute atomic E-state index is 0.00468. The van der Waals surface area contributed by atoms with Crippen molar-refractivity contribution in [3.8, 4) is 0 Å². The van der Waals surface area contributed by atoms with Crippen molar-refractivity contribution in [1.29, 1.82) is 0 Å². The number of aliphatic hydroxyl groups excluding tert-OH is 2. The fraction of sp³-hybridized carbons (Fsp3) is 0.900. The topological polar surface area (TPSA) is 57.5 Å². The molecule has 186 valence electrons. The predicted molar refractivity (Wildman–Crippen MR) is 132 cm³/mol. The van der Waals surface area contributed by atoms with Gasteiger partial charge < -0.3 is 15.0 Å². The van der Waals surface area contributed by atoms with E-state index >= 15 is 0 Å². The first-order valence-corrected chi connectivity index (χ1v) is 13.7. The maximum absolute atomic E-state index is 12.6. The smallest absolute Gasteiger partial charge is 0.126 e. The third-order valence-electron chi connectivity index (χ3n) is 12.9. The van der Waals surface area contributed by atoms with Gasteiger partial charge in [0.25, 0.3) is 0 Å². The number of rotatable bonds is 1. The molecule has 5 aliphatic carbocycles. The Bertz CT molecular complexity index is 872. The van der Waals surface area contributed by atoms with Crippen LogP contribution < -0.4 is 0 Å². The lowest BCUT2D eigenvalue weighted by atomic mass is 9.33. The molecule has 5 rings (SSSR count). The molecular weight excluding hydrogens is 408 g/mol. The van der Waals surface area contributed by atoms with Gasteiger partial charge in [0.05, 0.1) is 12.2 Å². The molecule has 5 aliphatic rings. The molecule has 0 aromatic heterocycles. The van der Waals surface area contributed by atoms with Crippen LogP contribution in [0.2, 0.25) is 0 Å². The molecule has 0 spiro atoms. The lowest BCUT2D eigenvalue weighted by Gasteiger charge is -2.71. The molecular formula is C30H48O3. The number of fused-ring (bicyclic) bond motifs is 7. The second kappa shape index (κ2) is 6.96. The third-order valence-corrected chi connectivity index (χ3v) is 12.9. The van der Waals surface area contributed by atoms with Gasteiger partial charge in [-0.1, -0.05) is 60.1 Å². The molecule has 3 heteroatoms. The van der Waals surface area contributed by atoms with E-state index in [0.717, 1.165) is 57.8 Å². The van der Waals surface area contributed by atoms with Crippen molar-refractivity contribution in [2.45, 2.75) is 118 Å². The normalized spacial score (nSPS) is 54.7. The highest BCUT2D eigenvalue weighted by Crippen LogP contribution is 2.75. The monoisotopic (exact) mass is 456 g/mol. The molecule has 0 aliphatic heterocycles. The summed E-state index contributed by atoms with van der Waals surface area (Å²) >= 11 is 0. The Kier molecular flexibility index (Phi) is 5.07. The van der Waals surface area contributed by atoms with Crippen LogP contribution in [0.1, 0.15) is 106 Å². The van der Waals surface area contributed by atoms with Gasteiger partial charge in [-0.05, 0) is 103 Å². The second-order valence-electron chi connectivity index (χ2n) is 15.1. The van der Waals surface area contributed by atoms with Gasteiger partial charge in [-0.2, -0.15) is 0 Å². The van der Waals surface area contributed by atoms with Crippen LogP contribution in [0.5, 0.6) is 0 Å². The molecule has 3 nitrogen and oxygen atoms in total. The highest BCUT2D eigenvalue weighted by molar-refractivity contribution is 5.61. The molecule has 33 heavy (non-hydrogen) atoms. The minimum Gasteiger partial charge on any atom is -0.393 e. The summed E-state index contributed by atoms with van der Waals surface area (Å²) in [5.41, 5.74) is 1.41. The molecule has 0 radical (unpaired) electrons. The van der Waals surface area contributed by atoms with Crippen LogP contribution in [0, 0.1) is 50.2 Å². The van der Waals surface area contributed by atoms with Gasteiger partial charge in [0.1, 0.15) is 6.29 Å². The molecule has 9 atom stereocenters. The molecule has 4 fully saturated rings. The summed E-state index contributed by atoms with van der Waals surface area (Å²) in [7, 11) is 0. The quantitative estimate of drug-likeness (QED) is 0.359. The number of hydrogen-bond donors (Lipinski definition) is 2.